The van der Waals surface area contributed by atoms with Gasteiger partial charge in [0.05, 0.1) is 5.36 Å². The van der Waals surface area contributed by atoms with Crippen LogP contribution in [-0.4, -0.2) is 5.11 Å². The van der Waals surface area contributed by atoms with Crippen LogP contribution < -0.4 is 10.6 Å². The molecule has 1 aromatic carbocycles. The molecule has 0 amide bonds. The number of hydrogen-bond donors (Lipinski definition) is 1. The maximum atomic E-state index is 9.25. The summed E-state index contributed by atoms with van der Waals surface area (Å²) in [5.74, 6) is 0.267. The van der Waals surface area contributed by atoms with Gasteiger partial charge >= 0.3 is 0 Å². The van der Waals surface area contributed by atoms with Crippen molar-refractivity contribution < 1.29 is 5.11 Å². The van der Waals surface area contributed by atoms with Gasteiger partial charge in [-0.3, -0.25) is 4.99 Å². The van der Waals surface area contributed by atoms with Gasteiger partial charge in [-0.05, 0) is 24.3 Å². The van der Waals surface area contributed by atoms with Gasteiger partial charge in [0, 0.05) is 11.4 Å². The van der Waals surface area contributed by atoms with Crippen molar-refractivity contribution in [3.8, 4) is 5.75 Å². The summed E-state index contributed by atoms with van der Waals surface area (Å²) in [4.78, 5) is 4.21. The summed E-state index contributed by atoms with van der Waals surface area (Å²) in [6.07, 6.45) is 9.34. The highest BCUT2D eigenvalue weighted by molar-refractivity contribution is 5.40. The van der Waals surface area contributed by atoms with Crippen LogP contribution >= 0.6 is 0 Å². The van der Waals surface area contributed by atoms with E-state index in [0.717, 1.165) is 10.6 Å². The van der Waals surface area contributed by atoms with Gasteiger partial charge in [0.25, 0.3) is 0 Å². The molecule has 0 saturated heterocycles. The van der Waals surface area contributed by atoms with Crippen LogP contribution in [0.1, 0.15) is 0 Å². The Morgan fingerprint density at radius 2 is 2.00 bits per heavy atom. The molecule has 1 aliphatic rings. The van der Waals surface area contributed by atoms with Gasteiger partial charge in [0.15, 0.2) is 0 Å². The fourth-order valence-electron chi connectivity index (χ4n) is 1.19. The Balaban J connectivity index is 2.79. The molecule has 0 saturated carbocycles. The van der Waals surface area contributed by atoms with E-state index in [4.69, 9.17) is 0 Å². The number of fused-ring (bicyclic) bond motifs is 1. The van der Waals surface area contributed by atoms with Crippen LogP contribution in [0.25, 0.3) is 6.08 Å². The zero-order valence-corrected chi connectivity index (χ0v) is 7.01. The number of phenols is 1. The molecule has 0 unspecified atom stereocenters. The Morgan fingerprint density at radius 3 is 2.92 bits per heavy atom. The van der Waals surface area contributed by atoms with Crippen molar-refractivity contribution in [2.75, 3.05) is 0 Å². The maximum Gasteiger partial charge on any atom is 0.116 e. The fourth-order valence-corrected chi connectivity index (χ4v) is 1.19. The van der Waals surface area contributed by atoms with E-state index in [1.807, 2.05) is 24.3 Å². The van der Waals surface area contributed by atoms with Crippen molar-refractivity contribution in [3.05, 3.63) is 53.2 Å². The topological polar surface area (TPSA) is 32.6 Å². The minimum atomic E-state index is 0.267. The standard InChI is InChI=1S/C11H9NO/c13-10-5-6-11-9(8-10)4-2-1-3-7-12-11/h1-8,13H/b2-1-,3-1?,4-2?,7-3-,9-4-,12-7?,12-11-. The molecule has 0 spiro atoms. The summed E-state index contributed by atoms with van der Waals surface area (Å²) in [5.41, 5.74) is 0. The molecule has 1 heterocycles. The van der Waals surface area contributed by atoms with Gasteiger partial charge < -0.3 is 5.11 Å². The third-order valence-corrected chi connectivity index (χ3v) is 1.81. The summed E-state index contributed by atoms with van der Waals surface area (Å²) in [7, 11) is 0. The van der Waals surface area contributed by atoms with E-state index >= 15 is 0 Å². The minimum Gasteiger partial charge on any atom is -0.508 e. The first kappa shape index (κ1) is 7.80. The van der Waals surface area contributed by atoms with Gasteiger partial charge in [0.1, 0.15) is 5.75 Å². The Labute approximate surface area is 75.9 Å². The van der Waals surface area contributed by atoms with E-state index in [-0.39, 0.29) is 5.75 Å². The number of nitrogens with zero attached hydrogens (tertiary/aromatic N) is 1. The van der Waals surface area contributed by atoms with Crippen molar-refractivity contribution >= 4 is 6.08 Å². The maximum absolute atomic E-state index is 9.25. The molecule has 0 aliphatic carbocycles. The molecule has 0 aromatic heterocycles. The van der Waals surface area contributed by atoms with Gasteiger partial charge in [-0.15, -0.1) is 0 Å². The summed E-state index contributed by atoms with van der Waals surface area (Å²) in [5, 5.41) is 11.1. The summed E-state index contributed by atoms with van der Waals surface area (Å²) in [6, 6.07) is 5.13. The van der Waals surface area contributed by atoms with E-state index in [9.17, 15) is 5.11 Å². The molecular weight excluding hydrogens is 162 g/mol. The van der Waals surface area contributed by atoms with Crippen LogP contribution in [0, 0.1) is 0 Å². The van der Waals surface area contributed by atoms with Crippen LogP contribution in [0.4, 0.5) is 0 Å². The Morgan fingerprint density at radius 1 is 1.08 bits per heavy atom. The highest BCUT2D eigenvalue weighted by Gasteiger charge is 1.89. The van der Waals surface area contributed by atoms with Crippen molar-refractivity contribution in [2.24, 2.45) is 4.99 Å². The van der Waals surface area contributed by atoms with Crippen LogP contribution in [0.5, 0.6) is 5.75 Å². The Hall–Kier alpha value is -1.83. The quantitative estimate of drug-likeness (QED) is 0.617. The molecule has 2 heteroatoms. The molecule has 1 aliphatic heterocycles. The molecule has 2 nitrogen and oxygen atoms in total. The molecule has 1 N–H and O–H groups in total. The Bertz CT molecular complexity index is 483. The van der Waals surface area contributed by atoms with Gasteiger partial charge in [0.2, 0.25) is 0 Å². The SMILES string of the molecule is Oc1ccc2/c(c1)=C\C=C/C=C\N=2. The second-order valence-corrected chi connectivity index (χ2v) is 2.77. The largest absolute Gasteiger partial charge is 0.508 e. The molecule has 13 heavy (non-hydrogen) atoms. The van der Waals surface area contributed by atoms with E-state index in [1.165, 1.54) is 0 Å². The van der Waals surface area contributed by atoms with E-state index < -0.39 is 0 Å². The monoisotopic (exact) mass is 171 g/mol. The lowest BCUT2D eigenvalue weighted by Crippen LogP contribution is -2.23. The average Bonchev–Trinajstić information content (AvgIpc) is 2.08. The minimum absolute atomic E-state index is 0.267. The lowest BCUT2D eigenvalue weighted by Gasteiger charge is -1.92. The van der Waals surface area contributed by atoms with E-state index in [0.29, 0.717) is 0 Å². The molecule has 64 valence electrons. The van der Waals surface area contributed by atoms with Crippen LogP contribution in [0.15, 0.2) is 47.6 Å². The predicted octanol–water partition coefficient (Wildman–Crippen LogP) is 0.876. The predicted molar refractivity (Wildman–Crippen MR) is 51.6 cm³/mol. The fraction of sp³-hybridized carbons (Fsp3) is 0. The zero-order valence-electron chi connectivity index (χ0n) is 7.01. The van der Waals surface area contributed by atoms with E-state index in [1.54, 1.807) is 24.4 Å². The third-order valence-electron chi connectivity index (χ3n) is 1.81. The third kappa shape index (κ3) is 1.67. The first-order valence-corrected chi connectivity index (χ1v) is 4.07. The van der Waals surface area contributed by atoms with Crippen molar-refractivity contribution in [3.63, 3.8) is 0 Å². The highest BCUT2D eigenvalue weighted by Crippen LogP contribution is 1.98. The molecular formula is C11H9NO. The molecule has 0 fully saturated rings. The van der Waals surface area contributed by atoms with Gasteiger partial charge in [-0.25, -0.2) is 0 Å². The first-order chi connectivity index (χ1) is 6.36. The number of hydrogen-bond acceptors (Lipinski definition) is 2. The number of aromatic hydroxyl groups is 1. The van der Waals surface area contributed by atoms with Crippen molar-refractivity contribution in [2.45, 2.75) is 0 Å². The number of phenolic OH excluding ortho intramolecular Hbond substituents is 1. The number of rotatable bonds is 0. The van der Waals surface area contributed by atoms with Crippen molar-refractivity contribution in [1.82, 2.24) is 0 Å². The Kier molecular flexibility index (Phi) is 1.96. The van der Waals surface area contributed by atoms with Crippen LogP contribution in [-0.2, 0) is 0 Å². The molecule has 1 aromatic rings. The zero-order chi connectivity index (χ0) is 9.10. The van der Waals surface area contributed by atoms with Gasteiger partial charge in [-0.1, -0.05) is 18.2 Å². The lowest BCUT2D eigenvalue weighted by molar-refractivity contribution is 0.474. The molecule has 0 bridgehead atoms. The summed E-state index contributed by atoms with van der Waals surface area (Å²) < 4.78 is 0. The normalized spacial score (nSPS) is 23.7. The number of benzene rings is 1. The first-order valence-electron chi connectivity index (χ1n) is 4.07. The van der Waals surface area contributed by atoms with Crippen LogP contribution in [0.3, 0.4) is 0 Å². The lowest BCUT2D eigenvalue weighted by atomic mass is 10.2. The number of allylic oxidation sites excluding steroid dienone is 3. The molecule has 0 radical (unpaired) electrons. The second kappa shape index (κ2) is 3.27. The average molecular weight is 171 g/mol. The van der Waals surface area contributed by atoms with Crippen molar-refractivity contribution in [1.29, 1.82) is 0 Å². The smallest absolute Gasteiger partial charge is 0.116 e. The van der Waals surface area contributed by atoms with E-state index in [2.05, 4.69) is 4.99 Å². The highest BCUT2D eigenvalue weighted by atomic mass is 16.3. The molecule has 0 atom stereocenters. The summed E-state index contributed by atoms with van der Waals surface area (Å²) >= 11 is 0. The van der Waals surface area contributed by atoms with Gasteiger partial charge in [-0.2, -0.15) is 0 Å². The second-order valence-electron chi connectivity index (χ2n) is 2.77. The molecule has 2 rings (SSSR count). The summed E-state index contributed by atoms with van der Waals surface area (Å²) in [6.45, 7) is 0. The van der Waals surface area contributed by atoms with Crippen LogP contribution in [0.2, 0.25) is 0 Å².